The second kappa shape index (κ2) is 36.1. The van der Waals surface area contributed by atoms with Crippen LogP contribution in [0.5, 0.6) is 0 Å². The number of hydrogen-bond donors (Lipinski definition) is 1. The average molecular weight is 593 g/mol. The normalized spacial score (nSPS) is 12.5. The van der Waals surface area contributed by atoms with Crippen molar-refractivity contribution in [3.8, 4) is 0 Å². The van der Waals surface area contributed by atoms with Crippen molar-refractivity contribution in [2.75, 3.05) is 19.8 Å². The molecule has 248 valence electrons. The van der Waals surface area contributed by atoms with Crippen molar-refractivity contribution in [1.82, 2.24) is 0 Å². The second-order valence-corrected chi connectivity index (χ2v) is 12.3. The first kappa shape index (κ1) is 40.9. The number of esters is 1. The molecule has 4 heteroatoms. The van der Waals surface area contributed by atoms with Gasteiger partial charge in [0.05, 0.1) is 13.2 Å². The molecule has 42 heavy (non-hydrogen) atoms. The van der Waals surface area contributed by atoms with Crippen LogP contribution in [0.25, 0.3) is 0 Å². The monoisotopic (exact) mass is 593 g/mol. The van der Waals surface area contributed by atoms with Gasteiger partial charge in [0.25, 0.3) is 0 Å². The summed E-state index contributed by atoms with van der Waals surface area (Å²) in [5.74, 6) is -0.211. The fourth-order valence-electron chi connectivity index (χ4n) is 5.20. The van der Waals surface area contributed by atoms with Gasteiger partial charge in [0.2, 0.25) is 0 Å². The van der Waals surface area contributed by atoms with Crippen LogP contribution < -0.4 is 0 Å². The average Bonchev–Trinajstić information content (AvgIpc) is 3.00. The number of unbranched alkanes of at least 4 members (excludes halogenated alkanes) is 22. The van der Waals surface area contributed by atoms with Crippen molar-refractivity contribution >= 4 is 5.97 Å². The van der Waals surface area contributed by atoms with E-state index in [4.69, 9.17) is 9.47 Å². The van der Waals surface area contributed by atoms with Crippen LogP contribution in [0, 0.1) is 0 Å². The zero-order valence-electron chi connectivity index (χ0n) is 28.3. The molecule has 0 fully saturated rings. The molecule has 1 unspecified atom stereocenters. The van der Waals surface area contributed by atoms with Gasteiger partial charge >= 0.3 is 5.97 Å². The minimum atomic E-state index is -0.535. The third-order valence-corrected chi connectivity index (χ3v) is 8.00. The summed E-state index contributed by atoms with van der Waals surface area (Å²) < 4.78 is 11.1. The summed E-state index contributed by atoms with van der Waals surface area (Å²) in [7, 11) is 0. The van der Waals surface area contributed by atoms with Crippen LogP contribution in [0.3, 0.4) is 0 Å². The summed E-state index contributed by atoms with van der Waals surface area (Å²) >= 11 is 0. The number of aliphatic hydroxyl groups is 1. The quantitative estimate of drug-likeness (QED) is 0.0459. The molecule has 0 heterocycles. The van der Waals surface area contributed by atoms with Crippen LogP contribution in [0.4, 0.5) is 0 Å². The molecule has 0 radical (unpaired) electrons. The van der Waals surface area contributed by atoms with Gasteiger partial charge in [0.1, 0.15) is 6.10 Å². The first-order chi connectivity index (χ1) is 20.7. The molecule has 1 N–H and O–H groups in total. The molecule has 0 saturated heterocycles. The Bertz CT molecular complexity index is 586. The first-order valence-corrected chi connectivity index (χ1v) is 18.4. The highest BCUT2D eigenvalue weighted by Gasteiger charge is 2.13. The van der Waals surface area contributed by atoms with E-state index in [0.29, 0.717) is 19.6 Å². The molecule has 0 aromatic carbocycles. The Hall–Kier alpha value is -1.13. The van der Waals surface area contributed by atoms with Crippen molar-refractivity contribution in [2.45, 2.75) is 193 Å². The van der Waals surface area contributed by atoms with E-state index >= 15 is 0 Å². The van der Waals surface area contributed by atoms with E-state index in [-0.39, 0.29) is 12.6 Å². The van der Waals surface area contributed by atoms with Crippen molar-refractivity contribution in [3.05, 3.63) is 24.3 Å². The van der Waals surface area contributed by atoms with Crippen LogP contribution in [0.2, 0.25) is 0 Å². The topological polar surface area (TPSA) is 55.8 Å². The molecule has 0 aromatic rings. The summed E-state index contributed by atoms with van der Waals surface area (Å²) in [6, 6.07) is 0. The molecule has 0 saturated carbocycles. The van der Waals surface area contributed by atoms with E-state index < -0.39 is 6.10 Å². The SMILES string of the molecule is CCCCC/C=C\CCCCCCCC(=O)OC(CO)COCCCCCCCCCC/C=C\CCCCCCCC. The molecule has 0 bridgehead atoms. The molecule has 0 aliphatic rings. The summed E-state index contributed by atoms with van der Waals surface area (Å²) in [5, 5.41) is 9.54. The highest BCUT2D eigenvalue weighted by molar-refractivity contribution is 5.69. The smallest absolute Gasteiger partial charge is 0.306 e. The molecule has 0 aromatic heterocycles. The molecule has 0 amide bonds. The zero-order valence-corrected chi connectivity index (χ0v) is 28.3. The minimum Gasteiger partial charge on any atom is -0.457 e. The van der Waals surface area contributed by atoms with Crippen molar-refractivity contribution in [2.24, 2.45) is 0 Å². The molecule has 0 rings (SSSR count). The van der Waals surface area contributed by atoms with Gasteiger partial charge in [-0.2, -0.15) is 0 Å². The summed E-state index contributed by atoms with van der Waals surface area (Å²) in [5.41, 5.74) is 0. The van der Waals surface area contributed by atoms with Gasteiger partial charge in [0, 0.05) is 13.0 Å². The number of allylic oxidation sites excluding steroid dienone is 4. The number of ether oxygens (including phenoxy) is 2. The third kappa shape index (κ3) is 33.4. The Morgan fingerprint density at radius 3 is 1.40 bits per heavy atom. The van der Waals surface area contributed by atoms with E-state index in [1.54, 1.807) is 0 Å². The summed E-state index contributed by atoms with van der Waals surface area (Å²) in [6.07, 6.45) is 42.2. The van der Waals surface area contributed by atoms with E-state index in [9.17, 15) is 9.90 Å². The Labute approximate surface area is 262 Å². The van der Waals surface area contributed by atoms with Crippen LogP contribution in [0.15, 0.2) is 24.3 Å². The van der Waals surface area contributed by atoms with E-state index in [0.717, 1.165) is 19.3 Å². The van der Waals surface area contributed by atoms with E-state index in [1.807, 2.05) is 0 Å². The van der Waals surface area contributed by atoms with Gasteiger partial charge in [-0.1, -0.05) is 141 Å². The molecule has 0 aliphatic heterocycles. The van der Waals surface area contributed by atoms with Crippen molar-refractivity contribution < 1.29 is 19.4 Å². The predicted molar refractivity (Wildman–Crippen MR) is 182 cm³/mol. The maximum absolute atomic E-state index is 12.1. The standard InChI is InChI=1S/C38H72O4/c1-3-5-7-9-11-13-15-17-18-19-20-21-22-24-26-28-30-32-34-41-36-37(35-39)42-38(40)33-31-29-27-25-23-16-14-12-10-8-6-4-2/h12,14,17-18,37,39H,3-11,13,15-16,19-36H2,1-2H3/b14-12-,18-17-. The minimum absolute atomic E-state index is 0.174. The van der Waals surface area contributed by atoms with E-state index in [1.165, 1.54) is 148 Å². The fraction of sp³-hybridized carbons (Fsp3) is 0.868. The largest absolute Gasteiger partial charge is 0.457 e. The maximum atomic E-state index is 12.1. The highest BCUT2D eigenvalue weighted by atomic mass is 16.6. The molecule has 4 nitrogen and oxygen atoms in total. The Kier molecular flexibility index (Phi) is 35.1. The summed E-state index contributed by atoms with van der Waals surface area (Å²) in [6.45, 7) is 5.31. The summed E-state index contributed by atoms with van der Waals surface area (Å²) in [4.78, 5) is 12.1. The van der Waals surface area contributed by atoms with Gasteiger partial charge in [-0.25, -0.2) is 0 Å². The molecule has 1 atom stereocenters. The second-order valence-electron chi connectivity index (χ2n) is 12.3. The maximum Gasteiger partial charge on any atom is 0.306 e. The van der Waals surface area contributed by atoms with Crippen LogP contribution in [-0.4, -0.2) is 37.0 Å². The van der Waals surface area contributed by atoms with Gasteiger partial charge in [-0.05, 0) is 64.2 Å². The Morgan fingerprint density at radius 2 is 0.929 bits per heavy atom. The molecular formula is C38H72O4. The number of carbonyl (C=O) groups excluding carboxylic acids is 1. The van der Waals surface area contributed by atoms with Crippen molar-refractivity contribution in [1.29, 1.82) is 0 Å². The van der Waals surface area contributed by atoms with Gasteiger partial charge in [0.15, 0.2) is 0 Å². The van der Waals surface area contributed by atoms with Gasteiger partial charge in [-0.3, -0.25) is 4.79 Å². The number of rotatable bonds is 34. The number of aliphatic hydroxyl groups excluding tert-OH is 1. The fourth-order valence-corrected chi connectivity index (χ4v) is 5.20. The lowest BCUT2D eigenvalue weighted by Crippen LogP contribution is -2.27. The number of carbonyl (C=O) groups is 1. The lowest BCUT2D eigenvalue weighted by molar-refractivity contribution is -0.154. The molecular weight excluding hydrogens is 520 g/mol. The zero-order chi connectivity index (χ0) is 30.6. The van der Waals surface area contributed by atoms with Gasteiger partial charge < -0.3 is 14.6 Å². The number of hydrogen-bond acceptors (Lipinski definition) is 4. The predicted octanol–water partition coefficient (Wildman–Crippen LogP) is 11.6. The highest BCUT2D eigenvalue weighted by Crippen LogP contribution is 2.12. The Balaban J connectivity index is 3.43. The first-order valence-electron chi connectivity index (χ1n) is 18.4. The van der Waals surface area contributed by atoms with Crippen LogP contribution in [-0.2, 0) is 14.3 Å². The Morgan fingerprint density at radius 1 is 0.548 bits per heavy atom. The van der Waals surface area contributed by atoms with Gasteiger partial charge in [-0.15, -0.1) is 0 Å². The third-order valence-electron chi connectivity index (χ3n) is 8.00. The molecule has 0 aliphatic carbocycles. The lowest BCUT2D eigenvalue weighted by Gasteiger charge is -2.15. The van der Waals surface area contributed by atoms with E-state index in [2.05, 4.69) is 38.2 Å². The van der Waals surface area contributed by atoms with Crippen molar-refractivity contribution in [3.63, 3.8) is 0 Å². The van der Waals surface area contributed by atoms with Crippen LogP contribution >= 0.6 is 0 Å². The van der Waals surface area contributed by atoms with Crippen LogP contribution in [0.1, 0.15) is 187 Å². The lowest BCUT2D eigenvalue weighted by atomic mass is 10.1. The molecule has 0 spiro atoms.